The zero-order chi connectivity index (χ0) is 22.4. The third-order valence-corrected chi connectivity index (χ3v) is 6.19. The molecule has 0 spiro atoms. The first-order valence-electron chi connectivity index (χ1n) is 12.5. The number of hydrogen-bond donors (Lipinski definition) is 0. The fraction of sp³-hybridized carbons (Fsp3) is 0.607. The van der Waals surface area contributed by atoms with E-state index >= 15 is 0 Å². The van der Waals surface area contributed by atoms with E-state index in [0.717, 1.165) is 12.8 Å². The minimum atomic E-state index is -0.0964. The van der Waals surface area contributed by atoms with Crippen molar-refractivity contribution >= 4 is 28.6 Å². The predicted molar refractivity (Wildman–Crippen MR) is 142 cm³/mol. The van der Waals surface area contributed by atoms with Crippen LogP contribution in [0, 0.1) is 3.57 Å². The molecule has 2 nitrogen and oxygen atoms in total. The molecule has 0 bridgehead atoms. The van der Waals surface area contributed by atoms with E-state index in [-0.39, 0.29) is 23.0 Å². The molecule has 0 N–H and O–H groups in total. The third kappa shape index (κ3) is 20.1. The normalized spacial score (nSPS) is 10.2. The fourth-order valence-corrected chi connectivity index (χ4v) is 4.01. The van der Waals surface area contributed by atoms with Crippen molar-refractivity contribution in [3.05, 3.63) is 52.1 Å². The summed E-state index contributed by atoms with van der Waals surface area (Å²) in [6, 6.07) is 15.6. The Kier molecular flexibility index (Phi) is 23.1. The van der Waals surface area contributed by atoms with Crippen molar-refractivity contribution in [2.45, 2.75) is 110 Å². The van der Waals surface area contributed by atoms with Gasteiger partial charge in [0.1, 0.15) is 0 Å². The minimum absolute atomic E-state index is 0. The minimum Gasteiger partial charge on any atom is -0.454 e. The molecule has 4 heteroatoms. The molecule has 0 aliphatic rings. The Labute approximate surface area is 221 Å². The van der Waals surface area contributed by atoms with Crippen LogP contribution in [-0.4, -0.2) is 5.97 Å². The molecule has 32 heavy (non-hydrogen) atoms. The predicted octanol–water partition coefficient (Wildman–Crippen LogP) is 9.58. The van der Waals surface area contributed by atoms with Gasteiger partial charge in [0.05, 0.1) is 0 Å². The summed E-state index contributed by atoms with van der Waals surface area (Å²) in [5, 5.41) is 0. The van der Waals surface area contributed by atoms with Crippen LogP contribution in [0.3, 0.4) is 0 Å². The maximum atomic E-state index is 11.6. The van der Waals surface area contributed by atoms with Gasteiger partial charge in [0.2, 0.25) is 0 Å². The number of esters is 1. The van der Waals surface area contributed by atoms with Crippen LogP contribution in [0.2, 0.25) is 0 Å². The van der Waals surface area contributed by atoms with Crippen LogP contribution < -0.4 is 4.74 Å². The van der Waals surface area contributed by atoms with E-state index in [4.69, 9.17) is 4.74 Å². The van der Waals surface area contributed by atoms with Gasteiger partial charge < -0.3 is 4.74 Å². The summed E-state index contributed by atoms with van der Waals surface area (Å²) in [5.74, 6) is 0.576. The molecular weight excluding hydrogens is 551 g/mol. The molecule has 0 saturated heterocycles. The van der Waals surface area contributed by atoms with Crippen LogP contribution in [0.25, 0.3) is 0 Å². The molecule has 2 aromatic rings. The first kappa shape index (κ1) is 31.4. The molecule has 0 fully saturated rings. The van der Waals surface area contributed by atoms with Crippen LogP contribution in [0.4, 0.5) is 0 Å². The molecule has 0 atom stereocenters. The smallest absolute Gasteiger partial charge is 0.454 e. The number of hydrogen-bond acceptors (Lipinski definition) is 2. The summed E-state index contributed by atoms with van der Waals surface area (Å²) in [7, 11) is 0. The topological polar surface area (TPSA) is 26.3 Å². The summed E-state index contributed by atoms with van der Waals surface area (Å²) in [5.41, 5.74) is 0. The van der Waals surface area contributed by atoms with Crippen molar-refractivity contribution in [2.24, 2.45) is 0 Å². The summed E-state index contributed by atoms with van der Waals surface area (Å²) < 4.78 is 6.55. The summed E-state index contributed by atoms with van der Waals surface area (Å²) >= 11 is 2.28. The van der Waals surface area contributed by atoms with Gasteiger partial charge in [-0.1, -0.05) is 119 Å². The largest absolute Gasteiger partial charge is 2.00 e. The Balaban J connectivity index is 0.00000118. The average Bonchev–Trinajstić information content (AvgIpc) is 3.45. The SMILES string of the molecule is CCCCCCCCCCCCCCCCCC(=O)Oc1ccc[cH-]1.Ic1ccc[cH-]1.[Fe+2]. The molecule has 182 valence electrons. The van der Waals surface area contributed by atoms with Crippen LogP contribution in [-0.2, 0) is 21.9 Å². The van der Waals surface area contributed by atoms with Crippen molar-refractivity contribution in [1.29, 1.82) is 0 Å². The van der Waals surface area contributed by atoms with E-state index < -0.39 is 0 Å². The van der Waals surface area contributed by atoms with E-state index in [2.05, 4.69) is 41.6 Å². The number of ether oxygens (including phenoxy) is 1. The van der Waals surface area contributed by atoms with Gasteiger partial charge in [0, 0.05) is 12.2 Å². The second-order valence-corrected chi connectivity index (χ2v) is 9.64. The molecule has 0 unspecified atom stereocenters. The van der Waals surface area contributed by atoms with E-state index in [9.17, 15) is 4.79 Å². The van der Waals surface area contributed by atoms with Gasteiger partial charge in [-0.3, -0.25) is 4.79 Å². The Morgan fingerprint density at radius 3 is 1.59 bits per heavy atom. The zero-order valence-electron chi connectivity index (χ0n) is 20.0. The maximum absolute atomic E-state index is 11.6. The summed E-state index contributed by atoms with van der Waals surface area (Å²) in [6.07, 6.45) is 20.7. The van der Waals surface area contributed by atoms with Gasteiger partial charge in [-0.25, -0.2) is 18.2 Å². The number of unbranched alkanes of at least 4 members (excludes halogenated alkanes) is 14. The van der Waals surface area contributed by atoms with Crippen molar-refractivity contribution < 1.29 is 26.6 Å². The van der Waals surface area contributed by atoms with Gasteiger partial charge in [-0.05, 0) is 6.42 Å². The molecule has 2 aromatic carbocycles. The van der Waals surface area contributed by atoms with Gasteiger partial charge in [0.15, 0.2) is 0 Å². The van der Waals surface area contributed by atoms with Crippen LogP contribution in [0.5, 0.6) is 5.75 Å². The molecule has 2 rings (SSSR count). The van der Waals surface area contributed by atoms with Crippen LogP contribution in [0.15, 0.2) is 48.5 Å². The second-order valence-electron chi connectivity index (χ2n) is 8.40. The summed E-state index contributed by atoms with van der Waals surface area (Å²) in [4.78, 5) is 11.6. The Morgan fingerprint density at radius 2 is 1.22 bits per heavy atom. The van der Waals surface area contributed by atoms with Gasteiger partial charge in [0.25, 0.3) is 0 Å². The van der Waals surface area contributed by atoms with Gasteiger partial charge in [-0.2, -0.15) is 24.3 Å². The molecule has 0 aliphatic heterocycles. The number of carbonyl (C=O) groups excluding carboxylic acids is 1. The van der Waals surface area contributed by atoms with Gasteiger partial charge >= 0.3 is 23.0 Å². The average molecular weight is 594 g/mol. The Hall–Kier alpha value is -0.581. The monoisotopic (exact) mass is 594 g/mol. The molecule has 0 radical (unpaired) electrons. The number of carbonyl (C=O) groups is 1. The van der Waals surface area contributed by atoms with Crippen molar-refractivity contribution in [1.82, 2.24) is 0 Å². The Morgan fingerprint density at radius 1 is 0.750 bits per heavy atom. The van der Waals surface area contributed by atoms with E-state index in [1.54, 1.807) is 0 Å². The first-order valence-corrected chi connectivity index (χ1v) is 13.6. The van der Waals surface area contributed by atoms with Crippen LogP contribution >= 0.6 is 22.6 Å². The zero-order valence-corrected chi connectivity index (χ0v) is 23.2. The molecule has 0 amide bonds. The fourth-order valence-electron chi connectivity index (χ4n) is 3.60. The van der Waals surface area contributed by atoms with Gasteiger partial charge in [-0.15, -0.1) is 9.64 Å². The standard InChI is InChI=1S/C23H39O2.C5H4I.Fe/c1-2-3-4-5-6-7-8-9-10-11-12-13-14-15-16-21-23(24)25-22-19-17-18-20-22;6-5-3-1-2-4-5;/h17-20H,2-16,21H2,1H3;1-4H;/q2*-1;+2. The van der Waals surface area contributed by atoms with Crippen molar-refractivity contribution in [3.63, 3.8) is 0 Å². The van der Waals surface area contributed by atoms with E-state index in [1.165, 1.54) is 87.0 Å². The van der Waals surface area contributed by atoms with E-state index in [0.29, 0.717) is 12.2 Å². The van der Waals surface area contributed by atoms with E-state index in [1.807, 2.05) is 36.4 Å². The molecule has 0 saturated carbocycles. The third-order valence-electron chi connectivity index (χ3n) is 5.47. The molecule has 0 aromatic heterocycles. The van der Waals surface area contributed by atoms with Crippen molar-refractivity contribution in [2.75, 3.05) is 0 Å². The first-order chi connectivity index (χ1) is 15.2. The van der Waals surface area contributed by atoms with Crippen molar-refractivity contribution in [3.8, 4) is 5.75 Å². The molecule has 0 aliphatic carbocycles. The second kappa shape index (κ2) is 23.6. The quantitative estimate of drug-likeness (QED) is 0.0600. The molecular formula is C28H43FeIO2. The van der Waals surface area contributed by atoms with Crippen LogP contribution in [0.1, 0.15) is 110 Å². The Bertz CT molecular complexity index is 607. The number of rotatable bonds is 17. The number of halogens is 1. The summed E-state index contributed by atoms with van der Waals surface area (Å²) in [6.45, 7) is 2.28. The maximum Gasteiger partial charge on any atom is 2.00 e. The molecule has 0 heterocycles.